The third kappa shape index (κ3) is 6.32. The summed E-state index contributed by atoms with van der Waals surface area (Å²) in [7, 11) is 0. The van der Waals surface area contributed by atoms with Gasteiger partial charge in [-0.3, -0.25) is 4.79 Å². The van der Waals surface area contributed by atoms with Crippen molar-refractivity contribution in [2.75, 3.05) is 45.8 Å². The van der Waals surface area contributed by atoms with Gasteiger partial charge in [0.15, 0.2) is 11.6 Å². The molecule has 2 aliphatic rings. The normalized spacial score (nSPS) is 17.9. The van der Waals surface area contributed by atoms with Crippen molar-refractivity contribution in [3.8, 4) is 0 Å². The van der Waals surface area contributed by atoms with Gasteiger partial charge < -0.3 is 14.7 Å². The Bertz CT molecular complexity index is 974. The maximum Gasteiger partial charge on any atom is 0.257 e. The summed E-state index contributed by atoms with van der Waals surface area (Å²) in [6.45, 7) is 5.70. The molecule has 0 aliphatic carbocycles. The number of benzene rings is 2. The number of carbonyl (C=O) groups is 1. The largest absolute Gasteiger partial charge is 0.334 e. The highest BCUT2D eigenvalue weighted by molar-refractivity contribution is 6.30. The second-order valence-electron chi connectivity index (χ2n) is 9.24. The first-order valence-electron chi connectivity index (χ1n) is 12.1. The van der Waals surface area contributed by atoms with Crippen LogP contribution in [0.5, 0.6) is 0 Å². The van der Waals surface area contributed by atoms with E-state index in [2.05, 4.69) is 9.80 Å². The predicted octanol–water partition coefficient (Wildman–Crippen LogP) is 5.00. The van der Waals surface area contributed by atoms with Crippen molar-refractivity contribution >= 4 is 17.5 Å². The zero-order chi connectivity index (χ0) is 24.1. The second kappa shape index (κ2) is 11.6. The van der Waals surface area contributed by atoms with E-state index in [1.165, 1.54) is 5.56 Å². The lowest BCUT2D eigenvalue weighted by Crippen LogP contribution is -2.50. The topological polar surface area (TPSA) is 26.8 Å². The summed E-state index contributed by atoms with van der Waals surface area (Å²) in [5, 5.41) is 0.723. The first-order chi connectivity index (χ1) is 16.4. The minimum Gasteiger partial charge on any atom is -0.334 e. The van der Waals surface area contributed by atoms with E-state index in [9.17, 15) is 18.0 Å². The summed E-state index contributed by atoms with van der Waals surface area (Å²) in [6.07, 6.45) is 4.71. The van der Waals surface area contributed by atoms with E-state index in [0.29, 0.717) is 25.2 Å². The Labute approximate surface area is 204 Å². The van der Waals surface area contributed by atoms with Crippen molar-refractivity contribution in [1.29, 1.82) is 0 Å². The van der Waals surface area contributed by atoms with E-state index in [1.54, 1.807) is 4.90 Å². The first-order valence-corrected chi connectivity index (χ1v) is 12.4. The van der Waals surface area contributed by atoms with Crippen LogP contribution in [0.2, 0.25) is 5.02 Å². The highest BCUT2D eigenvalue weighted by Gasteiger charge is 2.31. The molecule has 0 unspecified atom stereocenters. The van der Waals surface area contributed by atoms with Crippen molar-refractivity contribution in [3.63, 3.8) is 0 Å². The quantitative estimate of drug-likeness (QED) is 0.484. The number of hydrogen-bond donors (Lipinski definition) is 0. The Kier molecular flexibility index (Phi) is 8.51. The van der Waals surface area contributed by atoms with Gasteiger partial charge in [-0.2, -0.15) is 0 Å². The van der Waals surface area contributed by atoms with Crippen molar-refractivity contribution in [1.82, 2.24) is 14.7 Å². The van der Waals surface area contributed by atoms with Crippen LogP contribution in [0.25, 0.3) is 0 Å². The predicted molar refractivity (Wildman–Crippen MR) is 128 cm³/mol. The van der Waals surface area contributed by atoms with Crippen LogP contribution in [0.3, 0.4) is 0 Å². The van der Waals surface area contributed by atoms with Gasteiger partial charge in [0.25, 0.3) is 5.91 Å². The van der Waals surface area contributed by atoms with Crippen LogP contribution in [0.4, 0.5) is 13.2 Å². The zero-order valence-electron chi connectivity index (χ0n) is 19.3. The number of nitrogens with zero attached hydrogens (tertiary/aromatic N) is 3. The Morgan fingerprint density at radius 1 is 0.882 bits per heavy atom. The highest BCUT2D eigenvalue weighted by atomic mass is 35.5. The molecule has 2 heterocycles. The van der Waals surface area contributed by atoms with Gasteiger partial charge in [0.05, 0.1) is 5.56 Å². The lowest BCUT2D eigenvalue weighted by molar-refractivity contribution is 0.0544. The third-order valence-corrected chi connectivity index (χ3v) is 7.24. The zero-order valence-corrected chi connectivity index (χ0v) is 20.0. The smallest absolute Gasteiger partial charge is 0.257 e. The Balaban J connectivity index is 1.40. The number of carbonyl (C=O) groups excluding carboxylic acids is 1. The van der Waals surface area contributed by atoms with Crippen LogP contribution in [0.15, 0.2) is 36.4 Å². The first kappa shape index (κ1) is 25.0. The van der Waals surface area contributed by atoms with Gasteiger partial charge in [0.2, 0.25) is 0 Å². The molecule has 2 saturated heterocycles. The molecule has 4 rings (SSSR count). The van der Waals surface area contributed by atoms with Crippen molar-refractivity contribution in [2.24, 2.45) is 0 Å². The molecule has 0 bridgehead atoms. The van der Waals surface area contributed by atoms with Crippen LogP contribution in [0, 0.1) is 17.5 Å². The molecule has 2 aliphatic heterocycles. The number of likely N-dealkylation sites (tertiary alicyclic amines) is 2. The Morgan fingerprint density at radius 2 is 1.50 bits per heavy atom. The monoisotopic (exact) mass is 493 g/mol. The van der Waals surface area contributed by atoms with Crippen LogP contribution >= 0.6 is 11.6 Å². The average molecular weight is 494 g/mol. The molecule has 8 heteroatoms. The van der Waals surface area contributed by atoms with Gasteiger partial charge >= 0.3 is 0 Å². The fourth-order valence-electron chi connectivity index (χ4n) is 4.94. The number of rotatable bonds is 8. The van der Waals surface area contributed by atoms with Gasteiger partial charge in [0, 0.05) is 49.9 Å². The molecule has 2 aromatic carbocycles. The van der Waals surface area contributed by atoms with Gasteiger partial charge in [0.1, 0.15) is 5.82 Å². The lowest BCUT2D eigenvalue weighted by atomic mass is 10.0. The van der Waals surface area contributed by atoms with E-state index in [0.717, 1.165) is 69.9 Å². The molecule has 184 valence electrons. The van der Waals surface area contributed by atoms with Crippen LogP contribution < -0.4 is 0 Å². The maximum atomic E-state index is 14.4. The van der Waals surface area contributed by atoms with E-state index in [-0.39, 0.29) is 6.04 Å². The van der Waals surface area contributed by atoms with Crippen LogP contribution in [0.1, 0.15) is 41.6 Å². The molecule has 0 spiro atoms. The number of halogens is 4. The molecule has 0 aromatic heterocycles. The van der Waals surface area contributed by atoms with Crippen LogP contribution in [-0.2, 0) is 6.42 Å². The average Bonchev–Trinajstić information content (AvgIpc) is 3.35. The molecule has 0 saturated carbocycles. The molecular formula is C26H31ClF3N3O. The fraction of sp³-hybridized carbons (Fsp3) is 0.500. The maximum absolute atomic E-state index is 14.4. The Morgan fingerprint density at radius 3 is 2.18 bits per heavy atom. The van der Waals surface area contributed by atoms with Crippen LogP contribution in [-0.4, -0.2) is 72.5 Å². The molecule has 2 aromatic rings. The van der Waals surface area contributed by atoms with Crippen molar-refractivity contribution < 1.29 is 18.0 Å². The summed E-state index contributed by atoms with van der Waals surface area (Å²) in [6, 6.07) is 8.94. The molecule has 0 N–H and O–H groups in total. The lowest BCUT2D eigenvalue weighted by Gasteiger charge is -2.39. The van der Waals surface area contributed by atoms with E-state index >= 15 is 0 Å². The van der Waals surface area contributed by atoms with Gasteiger partial charge in [-0.25, -0.2) is 13.2 Å². The molecule has 0 radical (unpaired) electrons. The molecule has 4 nitrogen and oxygen atoms in total. The standard InChI is InChI=1S/C26H31ClF3N3O/c27-20-5-3-19(4-6-20)7-12-32-13-8-21(9-14-32)33(16-15-31-10-1-2-11-31)26(34)22-17-24(29)25(30)18-23(22)28/h3-6,17-18,21H,1-2,7-16H2. The summed E-state index contributed by atoms with van der Waals surface area (Å²) < 4.78 is 41.7. The second-order valence-corrected chi connectivity index (χ2v) is 9.68. The SMILES string of the molecule is O=C(c1cc(F)c(F)cc1F)N(CCN1CCCC1)C1CCN(CCc2ccc(Cl)cc2)CC1. The molecule has 34 heavy (non-hydrogen) atoms. The summed E-state index contributed by atoms with van der Waals surface area (Å²) in [5.74, 6) is -4.07. The minimum absolute atomic E-state index is 0.0607. The van der Waals surface area contributed by atoms with Crippen molar-refractivity contribution in [2.45, 2.75) is 38.1 Å². The fourth-order valence-corrected chi connectivity index (χ4v) is 5.07. The van der Waals surface area contributed by atoms with Crippen molar-refractivity contribution in [3.05, 3.63) is 70.0 Å². The van der Waals surface area contributed by atoms with E-state index < -0.39 is 28.9 Å². The third-order valence-electron chi connectivity index (χ3n) is 6.98. The highest BCUT2D eigenvalue weighted by Crippen LogP contribution is 2.23. The summed E-state index contributed by atoms with van der Waals surface area (Å²) >= 11 is 5.96. The van der Waals surface area contributed by atoms with Gasteiger partial charge in [-0.05, 0) is 69.0 Å². The molecule has 0 atom stereocenters. The van der Waals surface area contributed by atoms with Gasteiger partial charge in [-0.15, -0.1) is 0 Å². The van der Waals surface area contributed by atoms with E-state index in [4.69, 9.17) is 11.6 Å². The van der Waals surface area contributed by atoms with E-state index in [1.807, 2.05) is 24.3 Å². The summed E-state index contributed by atoms with van der Waals surface area (Å²) in [4.78, 5) is 19.7. The van der Waals surface area contributed by atoms with Gasteiger partial charge in [-0.1, -0.05) is 23.7 Å². The number of piperidine rings is 1. The molecule has 2 fully saturated rings. The Hall–Kier alpha value is -2.09. The molecular weight excluding hydrogens is 463 g/mol. The molecule has 1 amide bonds. The summed E-state index contributed by atoms with van der Waals surface area (Å²) in [5.41, 5.74) is 0.827. The minimum atomic E-state index is -1.29. The number of hydrogen-bond acceptors (Lipinski definition) is 3. The number of amides is 1.